The second kappa shape index (κ2) is 3.94. The Morgan fingerprint density at radius 2 is 2.31 bits per heavy atom. The van der Waals surface area contributed by atoms with E-state index in [0.717, 1.165) is 17.9 Å². The molecule has 1 N–H and O–H groups in total. The summed E-state index contributed by atoms with van der Waals surface area (Å²) in [6.45, 7) is 0.801. The van der Waals surface area contributed by atoms with Crippen LogP contribution in [0.3, 0.4) is 0 Å². The summed E-state index contributed by atoms with van der Waals surface area (Å²) in [5, 5.41) is 9.55. The molecule has 0 spiro atoms. The molecule has 4 nitrogen and oxygen atoms in total. The highest BCUT2D eigenvalue weighted by Gasteiger charge is 2.02. The van der Waals surface area contributed by atoms with Crippen LogP contribution in [0.15, 0.2) is 42.2 Å². The molecule has 0 aliphatic heterocycles. The molecule has 80 valence electrons. The molecule has 5 heteroatoms. The zero-order chi connectivity index (χ0) is 10.8. The van der Waals surface area contributed by atoms with E-state index in [0.29, 0.717) is 0 Å². The van der Waals surface area contributed by atoms with Crippen LogP contribution in [0.1, 0.15) is 4.88 Å². The number of fused-ring (bicyclic) bond motifs is 1. The van der Waals surface area contributed by atoms with E-state index >= 15 is 0 Å². The lowest BCUT2D eigenvalue weighted by Gasteiger charge is -2.04. The first-order valence-corrected chi connectivity index (χ1v) is 5.86. The van der Waals surface area contributed by atoms with Crippen molar-refractivity contribution in [3.8, 4) is 0 Å². The van der Waals surface area contributed by atoms with E-state index in [2.05, 4.69) is 32.9 Å². The first-order chi connectivity index (χ1) is 7.93. The van der Waals surface area contributed by atoms with Crippen molar-refractivity contribution in [1.82, 2.24) is 14.6 Å². The zero-order valence-electron chi connectivity index (χ0n) is 8.50. The number of hydrogen-bond donors (Lipinski definition) is 1. The SMILES string of the molecule is c1csc(CNc2nccn3nccc23)c1. The fraction of sp³-hybridized carbons (Fsp3) is 0.0909. The first kappa shape index (κ1) is 9.35. The smallest absolute Gasteiger partial charge is 0.152 e. The van der Waals surface area contributed by atoms with Gasteiger partial charge in [-0.15, -0.1) is 11.3 Å². The molecule has 0 amide bonds. The van der Waals surface area contributed by atoms with Crippen LogP contribution in [0.2, 0.25) is 0 Å². The standard InChI is InChI=1S/C11H10N4S/c1-2-9(16-7-1)8-13-11-10-3-4-14-15(10)6-5-12-11/h1-7H,8H2,(H,12,13). The maximum Gasteiger partial charge on any atom is 0.152 e. The third-order valence-corrected chi connectivity index (χ3v) is 3.21. The number of nitrogens with one attached hydrogen (secondary N) is 1. The van der Waals surface area contributed by atoms with Gasteiger partial charge in [0.25, 0.3) is 0 Å². The average molecular weight is 230 g/mol. The van der Waals surface area contributed by atoms with Crippen molar-refractivity contribution in [2.45, 2.75) is 6.54 Å². The summed E-state index contributed by atoms with van der Waals surface area (Å²) in [6, 6.07) is 6.10. The Labute approximate surface area is 96.6 Å². The summed E-state index contributed by atoms with van der Waals surface area (Å²) in [7, 11) is 0. The van der Waals surface area contributed by atoms with Gasteiger partial charge in [0.15, 0.2) is 5.82 Å². The molecule has 0 bridgehead atoms. The Morgan fingerprint density at radius 1 is 1.31 bits per heavy atom. The van der Waals surface area contributed by atoms with Gasteiger partial charge in [0.05, 0.1) is 12.7 Å². The summed E-state index contributed by atoms with van der Waals surface area (Å²) >= 11 is 1.74. The molecule has 0 atom stereocenters. The minimum Gasteiger partial charge on any atom is -0.363 e. The van der Waals surface area contributed by atoms with Gasteiger partial charge in [0.1, 0.15) is 5.52 Å². The molecule has 0 fully saturated rings. The van der Waals surface area contributed by atoms with E-state index < -0.39 is 0 Å². The quantitative estimate of drug-likeness (QED) is 0.751. The zero-order valence-corrected chi connectivity index (χ0v) is 9.31. The highest BCUT2D eigenvalue weighted by molar-refractivity contribution is 7.09. The van der Waals surface area contributed by atoms with E-state index in [1.54, 1.807) is 23.7 Å². The molecule has 16 heavy (non-hydrogen) atoms. The molecule has 0 aromatic carbocycles. The molecule has 0 aliphatic rings. The third kappa shape index (κ3) is 1.65. The van der Waals surface area contributed by atoms with Gasteiger partial charge in [-0.1, -0.05) is 6.07 Å². The van der Waals surface area contributed by atoms with Crippen LogP contribution in [0.25, 0.3) is 5.52 Å². The van der Waals surface area contributed by atoms with Crippen LogP contribution in [0.4, 0.5) is 5.82 Å². The second-order valence-electron chi connectivity index (χ2n) is 3.37. The number of rotatable bonds is 3. The Balaban J connectivity index is 1.86. The normalized spacial score (nSPS) is 10.8. The molecular formula is C11H10N4S. The number of anilines is 1. The fourth-order valence-corrected chi connectivity index (χ4v) is 2.22. The van der Waals surface area contributed by atoms with E-state index in [1.807, 2.05) is 16.8 Å². The summed E-state index contributed by atoms with van der Waals surface area (Å²) in [6.07, 6.45) is 5.36. The minimum absolute atomic E-state index is 0.801. The van der Waals surface area contributed by atoms with Gasteiger partial charge in [-0.2, -0.15) is 5.10 Å². The Hall–Kier alpha value is -1.88. The molecule has 0 unspecified atom stereocenters. The summed E-state index contributed by atoms with van der Waals surface area (Å²) in [5.41, 5.74) is 0.999. The average Bonchev–Trinajstić information content (AvgIpc) is 2.97. The van der Waals surface area contributed by atoms with Crippen LogP contribution in [0, 0.1) is 0 Å². The molecular weight excluding hydrogens is 220 g/mol. The second-order valence-corrected chi connectivity index (χ2v) is 4.40. The maximum absolute atomic E-state index is 4.31. The van der Waals surface area contributed by atoms with Gasteiger partial charge in [0.2, 0.25) is 0 Å². The van der Waals surface area contributed by atoms with Crippen molar-refractivity contribution >= 4 is 22.7 Å². The summed E-state index contributed by atoms with van der Waals surface area (Å²) in [5.74, 6) is 0.869. The summed E-state index contributed by atoms with van der Waals surface area (Å²) < 4.78 is 1.81. The van der Waals surface area contributed by atoms with E-state index in [1.165, 1.54) is 4.88 Å². The van der Waals surface area contributed by atoms with Crippen LogP contribution < -0.4 is 5.32 Å². The molecule has 0 radical (unpaired) electrons. The van der Waals surface area contributed by atoms with Gasteiger partial charge >= 0.3 is 0 Å². The van der Waals surface area contributed by atoms with E-state index in [9.17, 15) is 0 Å². The van der Waals surface area contributed by atoms with Crippen LogP contribution in [-0.2, 0) is 6.54 Å². The van der Waals surface area contributed by atoms with Crippen molar-refractivity contribution in [3.05, 3.63) is 47.0 Å². The largest absolute Gasteiger partial charge is 0.363 e. The van der Waals surface area contributed by atoms with Gasteiger partial charge in [0, 0.05) is 17.3 Å². The highest BCUT2D eigenvalue weighted by atomic mass is 32.1. The number of nitrogens with zero attached hydrogens (tertiary/aromatic N) is 3. The number of aromatic nitrogens is 3. The predicted molar refractivity (Wildman–Crippen MR) is 64.6 cm³/mol. The Kier molecular flexibility index (Phi) is 2.30. The van der Waals surface area contributed by atoms with Gasteiger partial charge in [-0.25, -0.2) is 9.50 Å². The van der Waals surface area contributed by atoms with E-state index in [-0.39, 0.29) is 0 Å². The van der Waals surface area contributed by atoms with Crippen molar-refractivity contribution in [1.29, 1.82) is 0 Å². The molecule has 0 saturated heterocycles. The van der Waals surface area contributed by atoms with Crippen LogP contribution in [0.5, 0.6) is 0 Å². The molecule has 3 heterocycles. The lowest BCUT2D eigenvalue weighted by atomic mass is 10.4. The molecule has 3 rings (SSSR count). The van der Waals surface area contributed by atoms with E-state index in [4.69, 9.17) is 0 Å². The van der Waals surface area contributed by atoms with Crippen molar-refractivity contribution in [2.24, 2.45) is 0 Å². The lowest BCUT2D eigenvalue weighted by Crippen LogP contribution is -2.02. The van der Waals surface area contributed by atoms with Gasteiger partial charge in [-0.3, -0.25) is 0 Å². The van der Waals surface area contributed by atoms with Gasteiger partial charge < -0.3 is 5.32 Å². The van der Waals surface area contributed by atoms with Crippen molar-refractivity contribution in [3.63, 3.8) is 0 Å². The lowest BCUT2D eigenvalue weighted by molar-refractivity contribution is 0.943. The van der Waals surface area contributed by atoms with Crippen LogP contribution >= 0.6 is 11.3 Å². The third-order valence-electron chi connectivity index (χ3n) is 2.33. The molecule has 0 saturated carbocycles. The summed E-state index contributed by atoms with van der Waals surface area (Å²) in [4.78, 5) is 5.61. The predicted octanol–water partition coefficient (Wildman–Crippen LogP) is 2.40. The Bertz CT molecular complexity index is 585. The molecule has 0 aliphatic carbocycles. The fourth-order valence-electron chi connectivity index (χ4n) is 1.58. The molecule has 3 aromatic heterocycles. The van der Waals surface area contributed by atoms with Crippen molar-refractivity contribution < 1.29 is 0 Å². The highest BCUT2D eigenvalue weighted by Crippen LogP contribution is 2.15. The minimum atomic E-state index is 0.801. The number of thiophene rings is 1. The van der Waals surface area contributed by atoms with Gasteiger partial charge in [-0.05, 0) is 17.5 Å². The maximum atomic E-state index is 4.31. The molecule has 3 aromatic rings. The first-order valence-electron chi connectivity index (χ1n) is 4.98. The Morgan fingerprint density at radius 3 is 3.19 bits per heavy atom. The van der Waals surface area contributed by atoms with Crippen molar-refractivity contribution in [2.75, 3.05) is 5.32 Å². The van der Waals surface area contributed by atoms with Crippen LogP contribution in [-0.4, -0.2) is 14.6 Å². The number of hydrogen-bond acceptors (Lipinski definition) is 4. The monoisotopic (exact) mass is 230 g/mol. The topological polar surface area (TPSA) is 42.2 Å².